The maximum Gasteiger partial charge on any atom is 0.386 e. The highest BCUT2D eigenvalue weighted by atomic mass is 32.7. The number of halogens is 2. The van der Waals surface area contributed by atoms with Crippen molar-refractivity contribution in [3.63, 3.8) is 0 Å². The van der Waals surface area contributed by atoms with Crippen LogP contribution in [0.15, 0.2) is 37.5 Å². The van der Waals surface area contributed by atoms with E-state index in [0.717, 1.165) is 0 Å². The minimum Gasteiger partial charge on any atom is -0.346 e. The molecule has 0 radical (unpaired) electrons. The van der Waals surface area contributed by atoms with Crippen LogP contribution in [0.1, 0.15) is 36.7 Å². The van der Waals surface area contributed by atoms with Crippen molar-refractivity contribution >= 4 is 60.4 Å². The quantitative estimate of drug-likeness (QED) is 0.147. The van der Waals surface area contributed by atoms with Gasteiger partial charge >= 0.3 is 13.6 Å². The fourth-order valence-electron chi connectivity index (χ4n) is 6.27. The summed E-state index contributed by atoms with van der Waals surface area (Å²) in [5.74, 6) is 0. The van der Waals surface area contributed by atoms with Crippen molar-refractivity contribution in [2.75, 3.05) is 13.2 Å². The Morgan fingerprint density at radius 2 is 1.12 bits per heavy atom. The van der Waals surface area contributed by atoms with Gasteiger partial charge in [-0.15, -0.1) is 0 Å². The van der Waals surface area contributed by atoms with Gasteiger partial charge in [0, 0.05) is 0 Å². The summed E-state index contributed by atoms with van der Waals surface area (Å²) in [6.07, 6.45) is -0.789. The van der Waals surface area contributed by atoms with Crippen LogP contribution in [0.2, 0.25) is 0 Å². The average Bonchev–Trinajstić information content (AvgIpc) is 3.81. The predicted molar refractivity (Wildman–Crippen MR) is 169 cm³/mol. The molecule has 3 unspecified atom stereocenters. The van der Waals surface area contributed by atoms with Crippen LogP contribution >= 0.6 is 38.1 Å². The van der Waals surface area contributed by atoms with Crippen molar-refractivity contribution in [1.82, 2.24) is 39.0 Å². The lowest BCUT2D eigenvalue weighted by Crippen LogP contribution is -2.36. The van der Waals surface area contributed by atoms with Gasteiger partial charge in [-0.2, -0.15) is 0 Å². The van der Waals surface area contributed by atoms with Crippen LogP contribution in [0.5, 0.6) is 0 Å². The highest BCUT2D eigenvalue weighted by molar-refractivity contribution is 8.44. The molecule has 48 heavy (non-hydrogen) atoms. The number of hydrogen-bond donors (Lipinski definition) is 2. The molecular weight excluding hydrogens is 716 g/mol. The lowest BCUT2D eigenvalue weighted by Gasteiger charge is -2.28. The van der Waals surface area contributed by atoms with Crippen molar-refractivity contribution in [3.8, 4) is 0 Å². The van der Waals surface area contributed by atoms with E-state index in [0.29, 0.717) is 59.4 Å². The second-order valence-electron chi connectivity index (χ2n) is 11.5. The molecule has 9 heterocycles. The van der Waals surface area contributed by atoms with Crippen LogP contribution in [-0.4, -0.2) is 89.0 Å². The molecule has 3 fully saturated rings. The summed E-state index contributed by atoms with van der Waals surface area (Å²) in [5, 5.41) is 0. The first-order valence-corrected chi connectivity index (χ1v) is 20.4. The maximum absolute atomic E-state index is 16.2. The molecule has 0 amide bonds. The SMILES string of the molecule is O=[P@]1(S)OCC2O[C@@H]3[C@H](F)[C@@H]2O[P@](=O)(S)OCC2OC([C@H](F)[C@@H]2O1)n1cnc2c(ncnc21)CC/C=C/CCc1ncnc2c1ncn23. The zero-order valence-corrected chi connectivity index (χ0v) is 28.3. The van der Waals surface area contributed by atoms with E-state index in [9.17, 15) is 9.13 Å². The molecule has 0 N–H and O–H groups in total. The molecule has 14 bridgehead atoms. The molecule has 4 aromatic heterocycles. The van der Waals surface area contributed by atoms with Crippen molar-refractivity contribution in [2.45, 2.75) is 74.9 Å². The van der Waals surface area contributed by atoms with E-state index in [4.69, 9.17) is 27.6 Å². The Balaban J connectivity index is 1.21. The Bertz CT molecular complexity index is 1850. The Kier molecular flexibility index (Phi) is 8.71. The Morgan fingerprint density at radius 3 is 1.56 bits per heavy atom. The van der Waals surface area contributed by atoms with Gasteiger partial charge in [-0.3, -0.25) is 27.2 Å². The lowest BCUT2D eigenvalue weighted by molar-refractivity contribution is -0.0544. The maximum atomic E-state index is 16.2. The van der Waals surface area contributed by atoms with E-state index < -0.39 is 76.0 Å². The van der Waals surface area contributed by atoms with Crippen LogP contribution in [0.3, 0.4) is 0 Å². The molecule has 5 aliphatic heterocycles. The van der Waals surface area contributed by atoms with Gasteiger partial charge in [-0.05, 0) is 25.7 Å². The first-order chi connectivity index (χ1) is 23.1. The normalized spacial score (nSPS) is 38.3. The predicted octanol–water partition coefficient (Wildman–Crippen LogP) is 4.47. The standard InChI is InChI=1S/C26H28F2N8O8P2S2/c27-17-21-15-7-39-46(38,48)44-22-16(8-40-45(37,47)43-21)42-26(18(22)28)36-12-34-20-14(30-10-32-24(20)36)6-4-2-1-3-5-13-19-23(31-9-29-13)35(11-33-19)25(17)41-15/h1-2,9-12,15-18,21-22,25-26H,3-8H2,(H,37,47)(H,38,48)/b2-1+/t15?,16?,17-,18-,21-,22-,25-,26?,45-,46+/m1/s1. The fraction of sp³-hybridized carbons (Fsp3) is 0.538. The third-order valence-corrected chi connectivity index (χ3v) is 11.8. The van der Waals surface area contributed by atoms with Crippen LogP contribution in [-0.2, 0) is 49.5 Å². The summed E-state index contributed by atoms with van der Waals surface area (Å²) < 4.78 is 96.3. The topological polar surface area (TPSA) is 177 Å². The second-order valence-corrected chi connectivity index (χ2v) is 17.3. The van der Waals surface area contributed by atoms with E-state index in [1.165, 1.54) is 34.4 Å². The number of aryl methyl sites for hydroxylation is 2. The molecular formula is C26H28F2N8O8P2S2. The molecule has 9 rings (SSSR count). The van der Waals surface area contributed by atoms with Crippen molar-refractivity contribution in [1.29, 1.82) is 0 Å². The number of aromatic nitrogens is 8. The molecule has 5 aliphatic rings. The number of ether oxygens (including phenoxy) is 2. The lowest BCUT2D eigenvalue weighted by atomic mass is 10.1. The highest BCUT2D eigenvalue weighted by Crippen LogP contribution is 2.60. The van der Waals surface area contributed by atoms with Crippen LogP contribution in [0.25, 0.3) is 22.3 Å². The Morgan fingerprint density at radius 1 is 0.688 bits per heavy atom. The number of alkyl halides is 2. The summed E-state index contributed by atoms with van der Waals surface area (Å²) in [4.78, 5) is 26.2. The van der Waals surface area contributed by atoms with Gasteiger partial charge in [-0.25, -0.2) is 47.8 Å². The average molecular weight is 745 g/mol. The molecule has 4 aromatic rings. The molecule has 256 valence electrons. The molecule has 0 aliphatic carbocycles. The van der Waals surface area contributed by atoms with E-state index in [1.54, 1.807) is 0 Å². The first-order valence-electron chi connectivity index (χ1n) is 15.0. The van der Waals surface area contributed by atoms with Crippen molar-refractivity contribution in [3.05, 3.63) is 48.8 Å². The van der Waals surface area contributed by atoms with Gasteiger partial charge in [0.05, 0.1) is 37.3 Å². The zero-order valence-electron chi connectivity index (χ0n) is 24.7. The first kappa shape index (κ1) is 32.8. The Hall–Kier alpha value is -2.38. The van der Waals surface area contributed by atoms with Crippen molar-refractivity contribution in [2.24, 2.45) is 0 Å². The molecule has 16 nitrogen and oxygen atoms in total. The van der Waals surface area contributed by atoms with Gasteiger partial charge in [-0.1, -0.05) is 36.6 Å². The monoisotopic (exact) mass is 744 g/mol. The number of hydrogen-bond acceptors (Lipinski definition) is 14. The van der Waals surface area contributed by atoms with Crippen molar-refractivity contribution < 1.29 is 45.5 Å². The summed E-state index contributed by atoms with van der Waals surface area (Å²) in [5.41, 5.74) is 2.75. The summed E-state index contributed by atoms with van der Waals surface area (Å²) in [6, 6.07) is 0. The Labute approximate surface area is 281 Å². The molecule has 22 heteroatoms. The smallest absolute Gasteiger partial charge is 0.346 e. The molecule has 0 spiro atoms. The third kappa shape index (κ3) is 6.03. The summed E-state index contributed by atoms with van der Waals surface area (Å²) >= 11 is 8.13. The van der Waals surface area contributed by atoms with Gasteiger partial charge in [0.25, 0.3) is 0 Å². The number of nitrogens with zero attached hydrogens (tertiary/aromatic N) is 8. The minimum atomic E-state index is -4.37. The van der Waals surface area contributed by atoms with E-state index >= 15 is 8.78 Å². The van der Waals surface area contributed by atoms with E-state index in [-0.39, 0.29) is 0 Å². The van der Waals surface area contributed by atoms with Crippen LogP contribution in [0.4, 0.5) is 8.78 Å². The minimum absolute atomic E-state index is 0.290. The fourth-order valence-corrected chi connectivity index (χ4v) is 9.24. The van der Waals surface area contributed by atoms with Gasteiger partial charge in [0.2, 0.25) is 0 Å². The summed E-state index contributed by atoms with van der Waals surface area (Å²) in [7, 11) is 0. The van der Waals surface area contributed by atoms with E-state index in [2.05, 4.69) is 54.4 Å². The van der Waals surface area contributed by atoms with Gasteiger partial charge in [0.15, 0.2) is 36.1 Å². The number of imidazole rings is 2. The third-order valence-electron chi connectivity index (χ3n) is 8.53. The van der Waals surface area contributed by atoms with Crippen LogP contribution in [0, 0.1) is 0 Å². The largest absolute Gasteiger partial charge is 0.386 e. The highest BCUT2D eigenvalue weighted by Gasteiger charge is 2.54. The second kappa shape index (κ2) is 12.7. The molecule has 10 atom stereocenters. The number of allylic oxidation sites excluding steroid dienone is 2. The van der Waals surface area contributed by atoms with Crippen LogP contribution < -0.4 is 0 Å². The molecule has 0 saturated carbocycles. The van der Waals surface area contributed by atoms with Gasteiger partial charge in [0.1, 0.15) is 48.1 Å². The number of thiol groups is 2. The van der Waals surface area contributed by atoms with Gasteiger partial charge < -0.3 is 9.47 Å². The summed E-state index contributed by atoms with van der Waals surface area (Å²) in [6.45, 7) is -9.95. The molecule has 0 aromatic carbocycles. The molecule has 3 saturated heterocycles. The zero-order chi connectivity index (χ0) is 33.2. The van der Waals surface area contributed by atoms with E-state index in [1.807, 2.05) is 12.2 Å². The number of fused-ring (bicyclic) bond motifs is 10. The number of rotatable bonds is 0.